The molecule has 4 fully saturated rings. The van der Waals surface area contributed by atoms with Crippen molar-refractivity contribution >= 4 is 36.8 Å². The molecule has 6 nitrogen and oxygen atoms in total. The fraction of sp³-hybridized carbons (Fsp3) is 0.861. The average Bonchev–Trinajstić information content (AvgIpc) is 2.99. The van der Waals surface area contributed by atoms with Gasteiger partial charge in [0.15, 0.2) is 0 Å². The zero-order chi connectivity index (χ0) is 31.5. The van der Waals surface area contributed by atoms with Crippen molar-refractivity contribution in [2.45, 2.75) is 166 Å². The van der Waals surface area contributed by atoms with Crippen molar-refractivity contribution < 1.29 is 18.7 Å². The van der Waals surface area contributed by atoms with E-state index in [0.717, 1.165) is 58.0 Å². The Balaban J connectivity index is 1.31. The predicted molar refractivity (Wildman–Crippen MR) is 190 cm³/mol. The lowest BCUT2D eigenvalue weighted by Gasteiger charge is -2.60. The normalized spacial score (nSPS) is 36.5. The number of unbranched alkanes of at least 4 members (excludes halogenated alkanes) is 1. The monoisotopic (exact) mass is 740 g/mol. The predicted octanol–water partition coefficient (Wildman–Crippen LogP) is 8.86. The summed E-state index contributed by atoms with van der Waals surface area (Å²) >= 11 is 2.37. The van der Waals surface area contributed by atoms with Gasteiger partial charge in [-0.25, -0.2) is 0 Å². The molecule has 4 aliphatic heterocycles. The highest BCUT2D eigenvalue weighted by molar-refractivity contribution is 14.1. The highest BCUT2D eigenvalue weighted by Gasteiger charge is 2.60. The number of halogens is 1. The molecule has 0 bridgehead atoms. The first-order chi connectivity index (χ1) is 21.1. The molecule has 5 aliphatic rings. The summed E-state index contributed by atoms with van der Waals surface area (Å²) in [6.45, 7) is 16.1. The van der Waals surface area contributed by atoms with Gasteiger partial charge in [0, 0.05) is 6.54 Å². The molecular weight excluding hydrogens is 679 g/mol. The van der Waals surface area contributed by atoms with Gasteiger partial charge in [0.25, 0.3) is 0 Å². The van der Waals surface area contributed by atoms with E-state index in [9.17, 15) is 4.79 Å². The zero-order valence-corrected chi connectivity index (χ0v) is 31.6. The Bertz CT molecular complexity index is 998. The molecule has 1 unspecified atom stereocenters. The van der Waals surface area contributed by atoms with Crippen LogP contribution in [-0.2, 0) is 18.7 Å². The lowest BCUT2D eigenvalue weighted by molar-refractivity contribution is -0.240. The van der Waals surface area contributed by atoms with Gasteiger partial charge in [-0.15, -0.1) is 0 Å². The number of ether oxygens (including phenoxy) is 2. The largest absolute Gasteiger partial charge is 0.409 e. The molecule has 0 aromatic carbocycles. The SMILES string of the molecule is CC(C)[Si](O[C@@H]1C=CC[C@H](/C=C/I)[C@@]12CCCN1C(=O)C[C@@H](CCCC[C@@H]3CC[C@@H]4CCCN[C@@H]4O3)OC12)(C(C)C)C(C)C. The van der Waals surface area contributed by atoms with Crippen LogP contribution < -0.4 is 5.32 Å². The molecule has 5 rings (SSSR count). The van der Waals surface area contributed by atoms with Crippen molar-refractivity contribution in [3.05, 3.63) is 22.3 Å². The van der Waals surface area contributed by atoms with Crippen LogP contribution >= 0.6 is 22.6 Å². The Hall–Kier alpha value is -0.263. The first kappa shape index (κ1) is 35.1. The molecule has 1 N–H and O–H groups in total. The Labute approximate surface area is 283 Å². The number of nitrogens with zero attached hydrogens (tertiary/aromatic N) is 1. The van der Waals surface area contributed by atoms with Crippen molar-refractivity contribution in [1.82, 2.24) is 10.2 Å². The second kappa shape index (κ2) is 15.3. The highest BCUT2D eigenvalue weighted by Crippen LogP contribution is 2.56. The molecule has 1 spiro atoms. The minimum atomic E-state index is -2.17. The summed E-state index contributed by atoms with van der Waals surface area (Å²) in [6.07, 6.45) is 20.3. The second-order valence-corrected chi connectivity index (χ2v) is 21.6. The number of allylic oxidation sites excluding steroid dienone is 2. The molecule has 4 saturated heterocycles. The number of hydrogen-bond acceptors (Lipinski definition) is 5. The number of carbonyl (C=O) groups excluding carboxylic acids is 1. The van der Waals surface area contributed by atoms with Gasteiger partial charge in [-0.05, 0) is 96.9 Å². The standard InChI is InChI=1S/C36H61IN2O4Si/c1-25(2)44(26(3)4,27(5)6)43-32-16-9-13-29(19-21-37)36(32)20-11-23-39-33(40)24-31(42-35(36)39)15-8-7-14-30-18-17-28-12-10-22-38-34(28)41-30/h9,16,19,21,25-32,34-35,38H,7-8,10-15,17-18,20,22-24H2,1-6H3/b21-19+/t28-,29+,30+,31+,32+,34+,35?,36-/m0/s1. The topological polar surface area (TPSA) is 60.0 Å². The smallest absolute Gasteiger partial charge is 0.227 e. The first-order valence-corrected chi connectivity index (χ1v) is 21.5. The summed E-state index contributed by atoms with van der Waals surface area (Å²) in [5.41, 5.74) is 1.24. The number of hydrogen-bond donors (Lipinski definition) is 1. The van der Waals surface area contributed by atoms with E-state index in [1.54, 1.807) is 0 Å². The molecule has 44 heavy (non-hydrogen) atoms. The Morgan fingerprint density at radius 1 is 1.05 bits per heavy atom. The quantitative estimate of drug-likeness (QED) is 0.0994. The van der Waals surface area contributed by atoms with Crippen LogP contribution in [0.25, 0.3) is 0 Å². The molecule has 0 saturated carbocycles. The van der Waals surface area contributed by atoms with Crippen LogP contribution in [0.15, 0.2) is 22.3 Å². The fourth-order valence-electron chi connectivity index (χ4n) is 10.0. The van der Waals surface area contributed by atoms with Crippen molar-refractivity contribution in [1.29, 1.82) is 0 Å². The van der Waals surface area contributed by atoms with Crippen molar-refractivity contribution in [3.63, 3.8) is 0 Å². The minimum Gasteiger partial charge on any atom is -0.409 e. The Morgan fingerprint density at radius 2 is 1.77 bits per heavy atom. The van der Waals surface area contributed by atoms with Gasteiger partial charge in [-0.2, -0.15) is 0 Å². The maximum Gasteiger partial charge on any atom is 0.227 e. The third-order valence-corrected chi connectivity index (χ3v) is 18.6. The van der Waals surface area contributed by atoms with Crippen LogP contribution in [0.4, 0.5) is 0 Å². The number of nitrogens with one attached hydrogen (secondary N) is 1. The van der Waals surface area contributed by atoms with Crippen LogP contribution in [-0.4, -0.2) is 63.0 Å². The van der Waals surface area contributed by atoms with Crippen molar-refractivity contribution in [3.8, 4) is 0 Å². The molecule has 8 atom stereocenters. The molecule has 250 valence electrons. The summed E-state index contributed by atoms with van der Waals surface area (Å²) in [5, 5.41) is 3.60. The Kier molecular flexibility index (Phi) is 12.2. The van der Waals surface area contributed by atoms with Gasteiger partial charge in [-0.1, -0.05) is 95.2 Å². The lowest BCUT2D eigenvalue weighted by Crippen LogP contribution is -2.68. The van der Waals surface area contributed by atoms with E-state index in [1.807, 2.05) is 0 Å². The van der Waals surface area contributed by atoms with E-state index in [4.69, 9.17) is 13.9 Å². The van der Waals surface area contributed by atoms with E-state index in [-0.39, 0.29) is 41.9 Å². The summed E-state index contributed by atoms with van der Waals surface area (Å²) in [5.74, 6) is 1.27. The van der Waals surface area contributed by atoms with E-state index >= 15 is 0 Å². The van der Waals surface area contributed by atoms with E-state index in [2.05, 4.69) is 96.7 Å². The molecule has 0 radical (unpaired) electrons. The number of amides is 1. The van der Waals surface area contributed by atoms with Gasteiger partial charge in [-0.3, -0.25) is 10.1 Å². The molecule has 1 aliphatic carbocycles. The third kappa shape index (κ3) is 6.96. The second-order valence-electron chi connectivity index (χ2n) is 15.5. The number of piperidine rings is 2. The maximum atomic E-state index is 13.8. The number of carbonyl (C=O) groups is 1. The maximum absolute atomic E-state index is 13.8. The third-order valence-electron chi connectivity index (χ3n) is 12.1. The molecule has 0 aromatic heterocycles. The summed E-state index contributed by atoms with van der Waals surface area (Å²) < 4.78 is 23.4. The summed E-state index contributed by atoms with van der Waals surface area (Å²) in [7, 11) is -2.17. The van der Waals surface area contributed by atoms with Crippen LogP contribution in [0.1, 0.15) is 119 Å². The lowest BCUT2D eigenvalue weighted by atomic mass is 9.61. The van der Waals surface area contributed by atoms with E-state index in [1.165, 1.54) is 25.7 Å². The minimum absolute atomic E-state index is 0.0199. The molecular formula is C36H61IN2O4Si. The van der Waals surface area contributed by atoms with Crippen molar-refractivity contribution in [2.75, 3.05) is 13.1 Å². The number of rotatable bonds is 11. The van der Waals surface area contributed by atoms with Crippen LogP contribution in [0.5, 0.6) is 0 Å². The van der Waals surface area contributed by atoms with Crippen LogP contribution in [0, 0.1) is 17.3 Å². The summed E-state index contributed by atoms with van der Waals surface area (Å²) in [6, 6.07) is 0. The van der Waals surface area contributed by atoms with Crippen LogP contribution in [0.2, 0.25) is 16.6 Å². The van der Waals surface area contributed by atoms with Crippen LogP contribution in [0.3, 0.4) is 0 Å². The first-order valence-electron chi connectivity index (χ1n) is 18.1. The summed E-state index contributed by atoms with van der Waals surface area (Å²) in [4.78, 5) is 15.9. The highest BCUT2D eigenvalue weighted by atomic mass is 127. The molecule has 0 aromatic rings. The van der Waals surface area contributed by atoms with Gasteiger partial charge in [0.05, 0.1) is 30.1 Å². The molecule has 4 heterocycles. The average molecular weight is 741 g/mol. The van der Waals surface area contributed by atoms with Gasteiger partial charge >= 0.3 is 0 Å². The van der Waals surface area contributed by atoms with Gasteiger partial charge < -0.3 is 18.8 Å². The molecule has 8 heteroatoms. The van der Waals surface area contributed by atoms with Gasteiger partial charge in [0.1, 0.15) is 12.5 Å². The Morgan fingerprint density at radius 3 is 2.48 bits per heavy atom. The fourth-order valence-corrected chi connectivity index (χ4v) is 16.1. The van der Waals surface area contributed by atoms with E-state index in [0.29, 0.717) is 35.1 Å². The number of fused-ring (bicyclic) bond motifs is 3. The van der Waals surface area contributed by atoms with E-state index < -0.39 is 8.32 Å². The van der Waals surface area contributed by atoms with Gasteiger partial charge in [0.2, 0.25) is 14.2 Å². The van der Waals surface area contributed by atoms with Crippen molar-refractivity contribution in [2.24, 2.45) is 17.3 Å². The molecule has 1 amide bonds. The zero-order valence-electron chi connectivity index (χ0n) is 28.4.